The number of benzene rings is 1. The summed E-state index contributed by atoms with van der Waals surface area (Å²) in [5, 5.41) is 6.30. The fourth-order valence-corrected chi connectivity index (χ4v) is 2.15. The number of nitrogens with one attached hydrogen (secondary N) is 2. The van der Waals surface area contributed by atoms with Crippen LogP contribution in [0.15, 0.2) is 36.9 Å². The standard InChI is InChI=1S/C15H20N2O2/c1-2-9-19-14-6-4-3-5-12(14)10-16-11-13-7-8-15(18)17-13/h2-6,13,16H,1,7-11H2,(H,17,18). The van der Waals surface area contributed by atoms with Gasteiger partial charge in [0.15, 0.2) is 0 Å². The van der Waals surface area contributed by atoms with Gasteiger partial charge >= 0.3 is 0 Å². The minimum absolute atomic E-state index is 0.154. The zero-order valence-corrected chi connectivity index (χ0v) is 11.0. The Balaban J connectivity index is 1.81. The van der Waals surface area contributed by atoms with E-state index in [2.05, 4.69) is 17.2 Å². The second-order valence-electron chi connectivity index (χ2n) is 4.64. The van der Waals surface area contributed by atoms with E-state index in [4.69, 9.17) is 4.74 Å². The zero-order valence-electron chi connectivity index (χ0n) is 11.0. The quantitative estimate of drug-likeness (QED) is 0.732. The summed E-state index contributed by atoms with van der Waals surface area (Å²) in [5.41, 5.74) is 1.12. The van der Waals surface area contributed by atoms with Crippen molar-refractivity contribution >= 4 is 5.91 Å². The van der Waals surface area contributed by atoms with Crippen LogP contribution in [0.2, 0.25) is 0 Å². The summed E-state index contributed by atoms with van der Waals surface area (Å²) < 4.78 is 5.60. The molecule has 2 N–H and O–H groups in total. The van der Waals surface area contributed by atoms with Crippen molar-refractivity contribution in [2.75, 3.05) is 13.2 Å². The lowest BCUT2D eigenvalue weighted by atomic mass is 10.2. The summed E-state index contributed by atoms with van der Waals surface area (Å²) in [6.45, 7) is 5.68. The van der Waals surface area contributed by atoms with Crippen molar-refractivity contribution < 1.29 is 9.53 Å². The van der Waals surface area contributed by atoms with Crippen LogP contribution in [-0.2, 0) is 11.3 Å². The summed E-state index contributed by atoms with van der Waals surface area (Å²) in [5.74, 6) is 1.03. The van der Waals surface area contributed by atoms with E-state index in [9.17, 15) is 4.79 Å². The van der Waals surface area contributed by atoms with E-state index in [1.54, 1.807) is 6.08 Å². The van der Waals surface area contributed by atoms with E-state index in [0.717, 1.165) is 30.8 Å². The molecule has 0 saturated carbocycles. The molecule has 0 radical (unpaired) electrons. The van der Waals surface area contributed by atoms with E-state index in [0.29, 0.717) is 13.0 Å². The molecule has 0 spiro atoms. The van der Waals surface area contributed by atoms with E-state index in [-0.39, 0.29) is 11.9 Å². The van der Waals surface area contributed by atoms with Gasteiger partial charge < -0.3 is 15.4 Å². The van der Waals surface area contributed by atoms with Crippen LogP contribution in [0.5, 0.6) is 5.75 Å². The van der Waals surface area contributed by atoms with Gasteiger partial charge in [0.25, 0.3) is 0 Å². The average molecular weight is 260 g/mol. The number of rotatable bonds is 7. The highest BCUT2D eigenvalue weighted by molar-refractivity contribution is 5.78. The Labute approximate surface area is 113 Å². The minimum Gasteiger partial charge on any atom is -0.489 e. The molecule has 1 saturated heterocycles. The molecule has 0 aromatic heterocycles. The largest absolute Gasteiger partial charge is 0.489 e. The topological polar surface area (TPSA) is 50.4 Å². The fraction of sp³-hybridized carbons (Fsp3) is 0.400. The molecular weight excluding hydrogens is 240 g/mol. The molecule has 1 aromatic carbocycles. The molecule has 102 valence electrons. The van der Waals surface area contributed by atoms with Crippen molar-refractivity contribution in [2.45, 2.75) is 25.4 Å². The lowest BCUT2D eigenvalue weighted by Gasteiger charge is -2.13. The lowest BCUT2D eigenvalue weighted by Crippen LogP contribution is -2.35. The third-order valence-electron chi connectivity index (χ3n) is 3.12. The molecule has 1 unspecified atom stereocenters. The van der Waals surface area contributed by atoms with Crippen molar-refractivity contribution in [1.29, 1.82) is 0 Å². The summed E-state index contributed by atoms with van der Waals surface area (Å²) in [6.07, 6.45) is 3.30. The van der Waals surface area contributed by atoms with Gasteiger partial charge in [-0.25, -0.2) is 0 Å². The van der Waals surface area contributed by atoms with Crippen molar-refractivity contribution in [2.24, 2.45) is 0 Å². The average Bonchev–Trinajstić information content (AvgIpc) is 2.83. The summed E-state index contributed by atoms with van der Waals surface area (Å²) in [7, 11) is 0. The van der Waals surface area contributed by atoms with Gasteiger partial charge in [-0.2, -0.15) is 0 Å². The van der Waals surface area contributed by atoms with Gasteiger partial charge in [0.1, 0.15) is 12.4 Å². The first-order valence-electron chi connectivity index (χ1n) is 6.61. The van der Waals surface area contributed by atoms with Gasteiger partial charge in [0.05, 0.1) is 0 Å². The molecule has 1 aliphatic heterocycles. The molecule has 2 rings (SSSR count). The smallest absolute Gasteiger partial charge is 0.220 e. The molecule has 0 aliphatic carbocycles. The zero-order chi connectivity index (χ0) is 13.5. The number of hydrogen-bond acceptors (Lipinski definition) is 3. The predicted octanol–water partition coefficient (Wildman–Crippen LogP) is 1.62. The predicted molar refractivity (Wildman–Crippen MR) is 75.0 cm³/mol. The highest BCUT2D eigenvalue weighted by Gasteiger charge is 2.19. The lowest BCUT2D eigenvalue weighted by molar-refractivity contribution is -0.119. The summed E-state index contributed by atoms with van der Waals surface area (Å²) in [4.78, 5) is 11.1. The Morgan fingerprint density at radius 2 is 2.32 bits per heavy atom. The van der Waals surface area contributed by atoms with Gasteiger partial charge in [0.2, 0.25) is 5.91 Å². The van der Waals surface area contributed by atoms with Crippen LogP contribution in [0.25, 0.3) is 0 Å². The fourth-order valence-electron chi connectivity index (χ4n) is 2.15. The first kappa shape index (κ1) is 13.6. The number of carbonyl (C=O) groups is 1. The highest BCUT2D eigenvalue weighted by atomic mass is 16.5. The maximum absolute atomic E-state index is 11.1. The molecule has 19 heavy (non-hydrogen) atoms. The van der Waals surface area contributed by atoms with Crippen LogP contribution in [-0.4, -0.2) is 25.1 Å². The second-order valence-corrected chi connectivity index (χ2v) is 4.64. The molecule has 4 heteroatoms. The number of para-hydroxylation sites is 1. The molecule has 1 aromatic rings. The Kier molecular flexibility index (Phi) is 4.98. The maximum atomic E-state index is 11.1. The first-order chi connectivity index (χ1) is 9.29. The van der Waals surface area contributed by atoms with Gasteiger partial charge in [-0.3, -0.25) is 4.79 Å². The van der Waals surface area contributed by atoms with Crippen molar-refractivity contribution in [3.8, 4) is 5.75 Å². The normalized spacial score (nSPS) is 18.1. The van der Waals surface area contributed by atoms with Gasteiger partial charge in [-0.15, -0.1) is 0 Å². The molecule has 1 fully saturated rings. The van der Waals surface area contributed by atoms with E-state index >= 15 is 0 Å². The number of amides is 1. The van der Waals surface area contributed by atoms with E-state index in [1.807, 2.05) is 24.3 Å². The van der Waals surface area contributed by atoms with Crippen molar-refractivity contribution in [3.63, 3.8) is 0 Å². The molecule has 1 atom stereocenters. The van der Waals surface area contributed by atoms with Crippen molar-refractivity contribution in [1.82, 2.24) is 10.6 Å². The summed E-state index contributed by atoms with van der Waals surface area (Å²) >= 11 is 0. The van der Waals surface area contributed by atoms with Crippen molar-refractivity contribution in [3.05, 3.63) is 42.5 Å². The van der Waals surface area contributed by atoms with E-state index in [1.165, 1.54) is 0 Å². The molecule has 0 bridgehead atoms. The molecule has 1 heterocycles. The van der Waals surface area contributed by atoms with Crippen LogP contribution in [0.4, 0.5) is 0 Å². The monoisotopic (exact) mass is 260 g/mol. The molecular formula is C15H20N2O2. The Morgan fingerprint density at radius 1 is 1.47 bits per heavy atom. The van der Waals surface area contributed by atoms with Gasteiger partial charge in [0, 0.05) is 31.1 Å². The van der Waals surface area contributed by atoms with Gasteiger partial charge in [-0.1, -0.05) is 30.9 Å². The van der Waals surface area contributed by atoms with Gasteiger partial charge in [-0.05, 0) is 12.5 Å². The van der Waals surface area contributed by atoms with Crippen LogP contribution in [0, 0.1) is 0 Å². The third-order valence-corrected chi connectivity index (χ3v) is 3.12. The number of ether oxygens (including phenoxy) is 1. The SMILES string of the molecule is C=CCOc1ccccc1CNCC1CCC(=O)N1. The first-order valence-corrected chi connectivity index (χ1v) is 6.61. The second kappa shape index (κ2) is 6.95. The molecule has 1 aliphatic rings. The maximum Gasteiger partial charge on any atom is 0.220 e. The third kappa shape index (κ3) is 4.10. The molecule has 1 amide bonds. The highest BCUT2D eigenvalue weighted by Crippen LogP contribution is 2.17. The van der Waals surface area contributed by atoms with E-state index < -0.39 is 0 Å². The summed E-state index contributed by atoms with van der Waals surface area (Å²) in [6, 6.07) is 8.21. The Morgan fingerprint density at radius 3 is 3.05 bits per heavy atom. The van der Waals surface area contributed by atoms with Crippen LogP contribution in [0.1, 0.15) is 18.4 Å². The number of hydrogen-bond donors (Lipinski definition) is 2. The van der Waals surface area contributed by atoms with Crippen LogP contribution < -0.4 is 15.4 Å². The number of carbonyl (C=O) groups excluding carboxylic acids is 1. The van der Waals surface area contributed by atoms with Crippen LogP contribution >= 0.6 is 0 Å². The Bertz CT molecular complexity index is 446. The Hall–Kier alpha value is -1.81. The minimum atomic E-state index is 0.154. The molecule has 4 nitrogen and oxygen atoms in total. The van der Waals surface area contributed by atoms with Crippen LogP contribution in [0.3, 0.4) is 0 Å².